The number of carbonyl (C=O) groups excluding carboxylic acids is 1. The van der Waals surface area contributed by atoms with E-state index in [1.54, 1.807) is 23.5 Å². The molecule has 9 heteroatoms. The second-order valence-corrected chi connectivity index (χ2v) is 11.7. The summed E-state index contributed by atoms with van der Waals surface area (Å²) >= 11 is 10.8. The molecule has 1 saturated heterocycles. The standard InChI is InChI=1S/C20H20Br2N2S2.C5H8O2.Ni/c1-11-7-12(2)17(13(3)8-11)23-19-20(26-6-5-25-19)24-18-14(4)9-15(21)10-16(18)22;1-4(6)3-5(2)7;/h7-10H,5-6H2,1-4H3;3,6H,1-2H3;/b;4-3-;. The van der Waals surface area contributed by atoms with E-state index in [9.17, 15) is 4.79 Å². The predicted molar refractivity (Wildman–Crippen MR) is 153 cm³/mol. The molecule has 0 spiro atoms. The molecular formula is C25H28Br2N2NiO2S2. The van der Waals surface area contributed by atoms with Crippen molar-refractivity contribution in [2.24, 2.45) is 9.98 Å². The summed E-state index contributed by atoms with van der Waals surface area (Å²) in [5.41, 5.74) is 6.89. The van der Waals surface area contributed by atoms with Gasteiger partial charge in [-0.3, -0.25) is 4.79 Å². The van der Waals surface area contributed by atoms with Gasteiger partial charge in [0.25, 0.3) is 0 Å². The SMILES string of the molecule is CC(=O)/C=C(/C)O.Cc1cc(C)c(N=C2SCCSC2=Nc2c(C)cc(Br)cc2Br)c(C)c1.[Ni]. The number of ketones is 1. The van der Waals surface area contributed by atoms with Gasteiger partial charge in [0.2, 0.25) is 0 Å². The van der Waals surface area contributed by atoms with Crippen LogP contribution in [0.15, 0.2) is 55.0 Å². The maximum absolute atomic E-state index is 10.0. The van der Waals surface area contributed by atoms with E-state index >= 15 is 0 Å². The molecular weight excluding hydrogens is 643 g/mol. The maximum Gasteiger partial charge on any atom is 0.155 e. The molecule has 0 unspecified atom stereocenters. The molecule has 34 heavy (non-hydrogen) atoms. The van der Waals surface area contributed by atoms with Crippen molar-refractivity contribution in [2.45, 2.75) is 41.5 Å². The number of aryl methyl sites for hydroxylation is 4. The van der Waals surface area contributed by atoms with Crippen molar-refractivity contribution in [1.82, 2.24) is 0 Å². The number of aliphatic hydroxyl groups excluding tert-OH is 1. The van der Waals surface area contributed by atoms with Gasteiger partial charge in [-0.1, -0.05) is 33.6 Å². The van der Waals surface area contributed by atoms with E-state index in [1.165, 1.54) is 36.6 Å². The van der Waals surface area contributed by atoms with Gasteiger partial charge >= 0.3 is 0 Å². The molecule has 0 atom stereocenters. The third-order valence-corrected chi connectivity index (χ3v) is 7.82. The van der Waals surface area contributed by atoms with Gasteiger partial charge in [0.15, 0.2) is 5.78 Å². The van der Waals surface area contributed by atoms with Crippen LogP contribution in [0.5, 0.6) is 0 Å². The fourth-order valence-electron chi connectivity index (χ4n) is 3.24. The maximum atomic E-state index is 10.0. The summed E-state index contributed by atoms with van der Waals surface area (Å²) in [4.78, 5) is 20.0. The minimum atomic E-state index is -0.125. The number of rotatable bonds is 3. The van der Waals surface area contributed by atoms with Crippen LogP contribution in [0.2, 0.25) is 0 Å². The van der Waals surface area contributed by atoms with Crippen molar-refractivity contribution >= 4 is 82.6 Å². The number of aliphatic hydroxyl groups is 1. The number of thioether (sulfide) groups is 2. The number of halogens is 2. The topological polar surface area (TPSA) is 62.0 Å². The van der Waals surface area contributed by atoms with Crippen LogP contribution in [0.1, 0.15) is 36.1 Å². The van der Waals surface area contributed by atoms with Crippen LogP contribution < -0.4 is 0 Å². The first kappa shape index (κ1) is 31.2. The minimum Gasteiger partial charge on any atom is -0.512 e. The van der Waals surface area contributed by atoms with Crippen molar-refractivity contribution in [3.8, 4) is 0 Å². The molecule has 0 amide bonds. The molecule has 1 aliphatic rings. The molecule has 2 aromatic carbocycles. The fraction of sp³-hybridized carbons (Fsp3) is 0.320. The third kappa shape index (κ3) is 9.65. The Morgan fingerprint density at radius 2 is 1.35 bits per heavy atom. The van der Waals surface area contributed by atoms with E-state index < -0.39 is 0 Å². The van der Waals surface area contributed by atoms with Crippen molar-refractivity contribution in [1.29, 1.82) is 0 Å². The van der Waals surface area contributed by atoms with Crippen LogP contribution in [0.25, 0.3) is 0 Å². The smallest absolute Gasteiger partial charge is 0.155 e. The van der Waals surface area contributed by atoms with Crippen LogP contribution in [0, 0.1) is 27.7 Å². The molecule has 0 radical (unpaired) electrons. The second-order valence-electron chi connectivity index (χ2n) is 7.73. The van der Waals surface area contributed by atoms with Gasteiger partial charge in [-0.25, -0.2) is 9.98 Å². The van der Waals surface area contributed by atoms with Crippen molar-refractivity contribution in [3.63, 3.8) is 0 Å². The number of nitrogens with zero attached hydrogens (tertiary/aromatic N) is 2. The van der Waals surface area contributed by atoms with Gasteiger partial charge in [-0.15, -0.1) is 23.5 Å². The minimum absolute atomic E-state index is 0. The molecule has 0 saturated carbocycles. The van der Waals surface area contributed by atoms with E-state index in [4.69, 9.17) is 15.1 Å². The summed E-state index contributed by atoms with van der Waals surface area (Å²) < 4.78 is 2.05. The first-order chi connectivity index (χ1) is 15.5. The fourth-order valence-corrected chi connectivity index (χ4v) is 6.83. The first-order valence-corrected chi connectivity index (χ1v) is 13.9. The van der Waals surface area contributed by atoms with Crippen LogP contribution in [0.4, 0.5) is 11.4 Å². The molecule has 1 fully saturated rings. The third-order valence-electron chi connectivity index (χ3n) is 4.44. The van der Waals surface area contributed by atoms with E-state index in [1.807, 2.05) is 6.07 Å². The Bertz CT molecular complexity index is 1020. The Hall–Kier alpha value is -0.856. The average molecular weight is 671 g/mol. The van der Waals surface area contributed by atoms with Gasteiger partial charge in [0, 0.05) is 43.0 Å². The van der Waals surface area contributed by atoms with Gasteiger partial charge in [-0.05, 0) is 86.3 Å². The van der Waals surface area contributed by atoms with Crippen molar-refractivity contribution in [3.05, 3.63) is 67.3 Å². The number of hydrogen-bond donors (Lipinski definition) is 1. The Balaban J connectivity index is 0.000000633. The van der Waals surface area contributed by atoms with E-state index in [-0.39, 0.29) is 28.0 Å². The van der Waals surface area contributed by atoms with Gasteiger partial charge in [0.05, 0.1) is 17.1 Å². The van der Waals surface area contributed by atoms with Gasteiger partial charge in [0.1, 0.15) is 10.1 Å². The number of benzene rings is 2. The molecule has 1 heterocycles. The predicted octanol–water partition coefficient (Wildman–Crippen LogP) is 8.72. The van der Waals surface area contributed by atoms with Crippen LogP contribution in [0.3, 0.4) is 0 Å². The van der Waals surface area contributed by atoms with Gasteiger partial charge in [-0.2, -0.15) is 0 Å². The molecule has 0 aromatic heterocycles. The number of aliphatic imine (C=N–C) groups is 2. The molecule has 1 N–H and O–H groups in total. The van der Waals surface area contributed by atoms with Crippen molar-refractivity contribution < 1.29 is 26.4 Å². The number of allylic oxidation sites excluding steroid dienone is 2. The molecule has 4 nitrogen and oxygen atoms in total. The zero-order chi connectivity index (χ0) is 24.7. The van der Waals surface area contributed by atoms with E-state index in [0.717, 1.165) is 47.5 Å². The Morgan fingerprint density at radius 1 is 0.882 bits per heavy atom. The van der Waals surface area contributed by atoms with Crippen LogP contribution >= 0.6 is 55.4 Å². The molecule has 186 valence electrons. The summed E-state index contributed by atoms with van der Waals surface area (Å²) in [6.45, 7) is 11.3. The normalized spacial score (nSPS) is 16.1. The summed E-state index contributed by atoms with van der Waals surface area (Å²) in [6.07, 6.45) is 1.17. The average Bonchev–Trinajstić information content (AvgIpc) is 2.67. The molecule has 2 aromatic rings. The van der Waals surface area contributed by atoms with Crippen LogP contribution in [-0.2, 0) is 21.3 Å². The molecule has 3 rings (SSSR count). The molecule has 0 bridgehead atoms. The molecule has 0 aliphatic carbocycles. The Kier molecular flexibility index (Phi) is 13.4. The largest absolute Gasteiger partial charge is 0.512 e. The Labute approximate surface area is 237 Å². The summed E-state index contributed by atoms with van der Waals surface area (Å²) in [5.74, 6) is 2.06. The number of carbonyl (C=O) groups is 1. The van der Waals surface area contributed by atoms with Crippen molar-refractivity contribution in [2.75, 3.05) is 11.5 Å². The van der Waals surface area contributed by atoms with E-state index in [0.29, 0.717) is 0 Å². The zero-order valence-corrected chi connectivity index (χ0v) is 25.7. The zero-order valence-electron chi connectivity index (χ0n) is 19.9. The first-order valence-electron chi connectivity index (χ1n) is 10.3. The van der Waals surface area contributed by atoms with Crippen LogP contribution in [-0.4, -0.2) is 32.5 Å². The summed E-state index contributed by atoms with van der Waals surface area (Å²) in [5, 5.41) is 10.4. The monoisotopic (exact) mass is 668 g/mol. The van der Waals surface area contributed by atoms with E-state index in [2.05, 4.69) is 77.8 Å². The molecule has 1 aliphatic heterocycles. The quantitative estimate of drug-likeness (QED) is 0.202. The summed E-state index contributed by atoms with van der Waals surface area (Å²) in [6, 6.07) is 8.52. The Morgan fingerprint density at radius 3 is 1.76 bits per heavy atom. The summed E-state index contributed by atoms with van der Waals surface area (Å²) in [7, 11) is 0. The van der Waals surface area contributed by atoms with Gasteiger partial charge < -0.3 is 5.11 Å². The number of hydrogen-bond acceptors (Lipinski definition) is 6. The second kappa shape index (κ2) is 14.6.